The Labute approximate surface area is 102 Å². The van der Waals surface area contributed by atoms with E-state index < -0.39 is 0 Å². The summed E-state index contributed by atoms with van der Waals surface area (Å²) >= 11 is 0. The van der Waals surface area contributed by atoms with Gasteiger partial charge in [-0.1, -0.05) is 12.8 Å². The molecule has 2 fully saturated rings. The van der Waals surface area contributed by atoms with Crippen LogP contribution in [0.15, 0.2) is 24.3 Å². The van der Waals surface area contributed by atoms with Gasteiger partial charge in [-0.2, -0.15) is 5.26 Å². The molecule has 0 aliphatic heterocycles. The van der Waals surface area contributed by atoms with Crippen molar-refractivity contribution in [1.82, 2.24) is 0 Å². The maximum Gasteiger partial charge on any atom is 0.119 e. The highest BCUT2D eigenvalue weighted by molar-refractivity contribution is 5.34. The van der Waals surface area contributed by atoms with Gasteiger partial charge >= 0.3 is 0 Å². The average Bonchev–Trinajstić information content (AvgIpc) is 2.70. The van der Waals surface area contributed by atoms with E-state index in [2.05, 4.69) is 6.07 Å². The summed E-state index contributed by atoms with van der Waals surface area (Å²) < 4.78 is 6.03. The van der Waals surface area contributed by atoms with Gasteiger partial charge in [-0.3, -0.25) is 0 Å². The molecule has 0 saturated heterocycles. The van der Waals surface area contributed by atoms with Crippen molar-refractivity contribution < 1.29 is 4.74 Å². The minimum atomic E-state index is 0.397. The summed E-state index contributed by atoms with van der Waals surface area (Å²) in [5.74, 6) is 2.71. The SMILES string of the molecule is N#Cc1ccc(O[C@@H]2C[C@@H]3CC[C@@H](C3)C2)cc1. The summed E-state index contributed by atoms with van der Waals surface area (Å²) in [6.45, 7) is 0. The standard InChI is InChI=1S/C15H17NO/c16-10-11-3-5-14(6-4-11)17-15-8-12-1-2-13(7-12)9-15/h3-6,12-13,15H,1-2,7-9H2/t12-,13+,15-. The van der Waals surface area contributed by atoms with Gasteiger partial charge in [0.05, 0.1) is 17.7 Å². The van der Waals surface area contributed by atoms with Crippen molar-refractivity contribution in [3.05, 3.63) is 29.8 Å². The topological polar surface area (TPSA) is 33.0 Å². The van der Waals surface area contributed by atoms with Crippen molar-refractivity contribution in [2.24, 2.45) is 11.8 Å². The van der Waals surface area contributed by atoms with E-state index in [4.69, 9.17) is 10.00 Å². The molecule has 3 atom stereocenters. The van der Waals surface area contributed by atoms with Crippen LogP contribution in [0.1, 0.15) is 37.7 Å². The van der Waals surface area contributed by atoms with E-state index in [9.17, 15) is 0 Å². The molecule has 2 nitrogen and oxygen atoms in total. The van der Waals surface area contributed by atoms with Gasteiger partial charge in [-0.05, 0) is 55.4 Å². The first kappa shape index (κ1) is 10.7. The molecule has 0 amide bonds. The molecule has 2 aliphatic rings. The Balaban J connectivity index is 1.64. The fourth-order valence-corrected chi connectivity index (χ4v) is 3.34. The molecule has 17 heavy (non-hydrogen) atoms. The van der Waals surface area contributed by atoms with Gasteiger partial charge in [-0.15, -0.1) is 0 Å². The van der Waals surface area contributed by atoms with E-state index in [1.165, 1.54) is 32.1 Å². The maximum absolute atomic E-state index is 8.74. The van der Waals surface area contributed by atoms with Gasteiger partial charge in [-0.25, -0.2) is 0 Å². The fraction of sp³-hybridized carbons (Fsp3) is 0.533. The van der Waals surface area contributed by atoms with Crippen molar-refractivity contribution in [2.45, 2.75) is 38.2 Å². The van der Waals surface area contributed by atoms with Crippen molar-refractivity contribution >= 4 is 0 Å². The van der Waals surface area contributed by atoms with Crippen LogP contribution >= 0.6 is 0 Å². The van der Waals surface area contributed by atoms with Gasteiger partial charge in [0.2, 0.25) is 0 Å². The minimum Gasteiger partial charge on any atom is -0.490 e. The second kappa shape index (κ2) is 4.41. The van der Waals surface area contributed by atoms with E-state index in [1.54, 1.807) is 0 Å². The van der Waals surface area contributed by atoms with Crippen LogP contribution in [0.2, 0.25) is 0 Å². The zero-order chi connectivity index (χ0) is 11.7. The monoisotopic (exact) mass is 227 g/mol. The fourth-order valence-electron chi connectivity index (χ4n) is 3.34. The zero-order valence-corrected chi connectivity index (χ0v) is 9.93. The second-order valence-electron chi connectivity index (χ2n) is 5.39. The Hall–Kier alpha value is -1.49. The number of benzene rings is 1. The smallest absolute Gasteiger partial charge is 0.119 e. The van der Waals surface area contributed by atoms with Crippen LogP contribution in [0.5, 0.6) is 5.75 Å². The van der Waals surface area contributed by atoms with Gasteiger partial charge in [0.25, 0.3) is 0 Å². The van der Waals surface area contributed by atoms with Crippen molar-refractivity contribution in [3.8, 4) is 11.8 Å². The lowest BCUT2D eigenvalue weighted by atomic mass is 9.87. The second-order valence-corrected chi connectivity index (χ2v) is 5.39. The number of hydrogen-bond acceptors (Lipinski definition) is 2. The first-order chi connectivity index (χ1) is 8.33. The lowest BCUT2D eigenvalue weighted by molar-refractivity contribution is 0.119. The molecular formula is C15H17NO. The molecule has 0 radical (unpaired) electrons. The van der Waals surface area contributed by atoms with Gasteiger partial charge in [0.1, 0.15) is 5.75 Å². The molecule has 0 heterocycles. The Kier molecular flexibility index (Phi) is 2.76. The molecular weight excluding hydrogens is 210 g/mol. The molecule has 0 spiro atoms. The van der Waals surface area contributed by atoms with Crippen molar-refractivity contribution in [1.29, 1.82) is 5.26 Å². The van der Waals surface area contributed by atoms with Crippen molar-refractivity contribution in [2.75, 3.05) is 0 Å². The third kappa shape index (κ3) is 2.29. The predicted molar refractivity (Wildman–Crippen MR) is 65.6 cm³/mol. The molecule has 2 bridgehead atoms. The molecule has 0 N–H and O–H groups in total. The van der Waals surface area contributed by atoms with E-state index in [-0.39, 0.29) is 0 Å². The summed E-state index contributed by atoms with van der Waals surface area (Å²) in [5.41, 5.74) is 0.695. The number of nitrogens with zero attached hydrogens (tertiary/aromatic N) is 1. The number of ether oxygens (including phenoxy) is 1. The Bertz CT molecular complexity index is 419. The molecule has 1 aromatic rings. The lowest BCUT2D eigenvalue weighted by Gasteiger charge is -2.28. The van der Waals surface area contributed by atoms with Crippen LogP contribution in [-0.2, 0) is 0 Å². The molecule has 0 unspecified atom stereocenters. The van der Waals surface area contributed by atoms with E-state index in [1.807, 2.05) is 24.3 Å². The minimum absolute atomic E-state index is 0.397. The summed E-state index contributed by atoms with van der Waals surface area (Å²) in [5, 5.41) is 8.74. The quantitative estimate of drug-likeness (QED) is 0.774. The zero-order valence-electron chi connectivity index (χ0n) is 9.93. The number of fused-ring (bicyclic) bond motifs is 2. The van der Waals surface area contributed by atoms with Crippen LogP contribution < -0.4 is 4.74 Å². The Morgan fingerprint density at radius 1 is 1.00 bits per heavy atom. The molecule has 2 saturated carbocycles. The van der Waals surface area contributed by atoms with Gasteiger partial charge < -0.3 is 4.74 Å². The third-order valence-electron chi connectivity index (χ3n) is 4.13. The number of rotatable bonds is 2. The number of hydrogen-bond donors (Lipinski definition) is 0. The largest absolute Gasteiger partial charge is 0.490 e. The van der Waals surface area contributed by atoms with Crippen LogP contribution in [-0.4, -0.2) is 6.10 Å². The molecule has 2 aliphatic carbocycles. The summed E-state index contributed by atoms with van der Waals surface area (Å²) in [6.07, 6.45) is 7.06. The maximum atomic E-state index is 8.74. The molecule has 2 heteroatoms. The normalized spacial score (nSPS) is 30.9. The molecule has 88 valence electrons. The summed E-state index contributed by atoms with van der Waals surface area (Å²) in [6, 6.07) is 9.60. The van der Waals surface area contributed by atoms with Crippen LogP contribution in [0.3, 0.4) is 0 Å². The van der Waals surface area contributed by atoms with Gasteiger partial charge in [0.15, 0.2) is 0 Å². The molecule has 3 rings (SSSR count). The highest BCUT2D eigenvalue weighted by Gasteiger charge is 2.34. The van der Waals surface area contributed by atoms with E-state index >= 15 is 0 Å². The molecule has 1 aromatic carbocycles. The van der Waals surface area contributed by atoms with E-state index in [0.29, 0.717) is 11.7 Å². The first-order valence-corrected chi connectivity index (χ1v) is 6.50. The van der Waals surface area contributed by atoms with E-state index in [0.717, 1.165) is 17.6 Å². The average molecular weight is 227 g/mol. The predicted octanol–water partition coefficient (Wildman–Crippen LogP) is 3.52. The van der Waals surface area contributed by atoms with Gasteiger partial charge in [0, 0.05) is 0 Å². The Morgan fingerprint density at radius 2 is 1.65 bits per heavy atom. The third-order valence-corrected chi connectivity index (χ3v) is 4.13. The Morgan fingerprint density at radius 3 is 2.24 bits per heavy atom. The van der Waals surface area contributed by atoms with Crippen LogP contribution in [0.25, 0.3) is 0 Å². The lowest BCUT2D eigenvalue weighted by Crippen LogP contribution is -2.25. The van der Waals surface area contributed by atoms with Crippen LogP contribution in [0.4, 0.5) is 0 Å². The van der Waals surface area contributed by atoms with Crippen LogP contribution in [0, 0.1) is 23.2 Å². The molecule has 0 aromatic heterocycles. The van der Waals surface area contributed by atoms with Crippen molar-refractivity contribution in [3.63, 3.8) is 0 Å². The highest BCUT2D eigenvalue weighted by Crippen LogP contribution is 2.43. The summed E-state index contributed by atoms with van der Waals surface area (Å²) in [7, 11) is 0. The first-order valence-electron chi connectivity index (χ1n) is 6.50. The summed E-state index contributed by atoms with van der Waals surface area (Å²) in [4.78, 5) is 0. The highest BCUT2D eigenvalue weighted by atomic mass is 16.5. The number of nitriles is 1.